The van der Waals surface area contributed by atoms with Gasteiger partial charge < -0.3 is 10.1 Å². The molecule has 1 heterocycles. The van der Waals surface area contributed by atoms with Crippen LogP contribution in [0.2, 0.25) is 0 Å². The van der Waals surface area contributed by atoms with Crippen molar-refractivity contribution >= 4 is 5.95 Å². The third kappa shape index (κ3) is 4.35. The number of nitrogens with one attached hydrogen (secondary N) is 1. The number of alkyl halides is 5. The summed E-state index contributed by atoms with van der Waals surface area (Å²) in [6.45, 7) is 0. The van der Waals surface area contributed by atoms with Gasteiger partial charge in [0.2, 0.25) is 5.95 Å². The summed E-state index contributed by atoms with van der Waals surface area (Å²) in [4.78, 5) is 4.37. The second-order valence-corrected chi connectivity index (χ2v) is 6.11. The van der Waals surface area contributed by atoms with E-state index < -0.39 is 18.0 Å². The van der Waals surface area contributed by atoms with Crippen LogP contribution in [0, 0.1) is 12.3 Å². The zero-order valence-corrected chi connectivity index (χ0v) is 15.5. The van der Waals surface area contributed by atoms with Crippen molar-refractivity contribution in [1.29, 1.82) is 0 Å². The van der Waals surface area contributed by atoms with E-state index in [2.05, 4.69) is 26.1 Å². The fraction of sp³-hybridized carbons (Fsp3) is 0.200. The van der Waals surface area contributed by atoms with Gasteiger partial charge in [0.15, 0.2) is 5.82 Å². The van der Waals surface area contributed by atoms with Crippen molar-refractivity contribution in [2.75, 3.05) is 12.4 Å². The number of aromatic nitrogens is 3. The molecule has 0 bridgehead atoms. The molecule has 0 unspecified atom stereocenters. The lowest BCUT2D eigenvalue weighted by Crippen LogP contribution is -2.41. The second-order valence-electron chi connectivity index (χ2n) is 6.11. The minimum atomic E-state index is -5.82. The first-order chi connectivity index (χ1) is 14.1. The smallest absolute Gasteiger partial charge is 0.426 e. The molecule has 0 fully saturated rings. The van der Waals surface area contributed by atoms with Gasteiger partial charge >= 0.3 is 12.3 Å². The highest BCUT2D eigenvalue weighted by Crippen LogP contribution is 2.37. The van der Waals surface area contributed by atoms with E-state index in [0.717, 1.165) is 23.3 Å². The van der Waals surface area contributed by atoms with E-state index in [9.17, 15) is 22.0 Å². The van der Waals surface area contributed by atoms with Crippen LogP contribution in [-0.2, 0) is 6.42 Å². The Bertz CT molecular complexity index is 1050. The summed E-state index contributed by atoms with van der Waals surface area (Å²) in [7, 11) is 1.61. The van der Waals surface area contributed by atoms with Crippen LogP contribution >= 0.6 is 0 Å². The highest BCUT2D eigenvalue weighted by atomic mass is 19.4. The molecule has 0 saturated carbocycles. The molecule has 3 aromatic rings. The van der Waals surface area contributed by atoms with Crippen LogP contribution in [0.1, 0.15) is 5.56 Å². The highest BCUT2D eigenvalue weighted by molar-refractivity contribution is 5.58. The Hall–Kier alpha value is -3.61. The number of hydrogen-bond donors (Lipinski definition) is 1. The van der Waals surface area contributed by atoms with Gasteiger partial charge in [-0.05, 0) is 29.8 Å². The molecule has 10 heteroatoms. The molecule has 1 aromatic heterocycles. The lowest BCUT2D eigenvalue weighted by Gasteiger charge is -2.20. The van der Waals surface area contributed by atoms with E-state index in [1.54, 1.807) is 7.05 Å². The normalized spacial score (nSPS) is 11.8. The van der Waals surface area contributed by atoms with Gasteiger partial charge in [0.1, 0.15) is 5.75 Å². The lowest BCUT2D eigenvalue weighted by atomic mass is 10.1. The van der Waals surface area contributed by atoms with E-state index in [-0.39, 0.29) is 0 Å². The second kappa shape index (κ2) is 8.02. The maximum absolute atomic E-state index is 13.0. The summed E-state index contributed by atoms with van der Waals surface area (Å²) in [5.41, 5.74) is 2.06. The zero-order valence-electron chi connectivity index (χ0n) is 15.5. The molecule has 2 aromatic carbocycles. The van der Waals surface area contributed by atoms with Crippen LogP contribution in [0.5, 0.6) is 5.75 Å². The summed E-state index contributed by atoms with van der Waals surface area (Å²) in [6.07, 6.45) is -5.33. The minimum Gasteiger partial charge on any atom is -0.426 e. The Morgan fingerprint density at radius 3 is 2.20 bits per heavy atom. The van der Waals surface area contributed by atoms with E-state index in [0.29, 0.717) is 23.9 Å². The summed E-state index contributed by atoms with van der Waals surface area (Å²) >= 11 is 0. The van der Waals surface area contributed by atoms with Gasteiger partial charge in [-0.1, -0.05) is 24.3 Å². The van der Waals surface area contributed by atoms with Crippen molar-refractivity contribution in [2.24, 2.45) is 0 Å². The Morgan fingerprint density at radius 2 is 1.67 bits per heavy atom. The first-order valence-corrected chi connectivity index (χ1v) is 8.56. The molecule has 0 spiro atoms. The van der Waals surface area contributed by atoms with Crippen molar-refractivity contribution in [3.63, 3.8) is 0 Å². The molecule has 0 amide bonds. The fourth-order valence-electron chi connectivity index (χ4n) is 2.53. The third-order valence-corrected chi connectivity index (χ3v) is 4.01. The van der Waals surface area contributed by atoms with Crippen LogP contribution in [0.15, 0.2) is 48.5 Å². The highest BCUT2D eigenvalue weighted by Gasteiger charge is 2.61. The van der Waals surface area contributed by atoms with Gasteiger partial charge in [-0.25, -0.2) is 0 Å². The fourth-order valence-corrected chi connectivity index (χ4v) is 2.53. The van der Waals surface area contributed by atoms with Crippen LogP contribution in [0.4, 0.5) is 27.9 Å². The monoisotopic (exact) mass is 422 g/mol. The standard InChI is InChI=1S/C20H15F5N4O/c1-3-4-13-5-7-14(8-6-13)17-27-18(26-2)29(28-17)15-9-11-16(12-10-15)30-20(24,25)19(21,22)23/h1,5-12H,4H2,2H3,(H,26,27,28). The van der Waals surface area contributed by atoms with Gasteiger partial charge in [0.25, 0.3) is 0 Å². The van der Waals surface area contributed by atoms with Crippen molar-refractivity contribution in [3.05, 3.63) is 54.1 Å². The number of benzene rings is 2. The molecule has 156 valence electrons. The summed E-state index contributed by atoms with van der Waals surface area (Å²) < 4.78 is 68.1. The van der Waals surface area contributed by atoms with E-state index in [1.165, 1.54) is 16.8 Å². The molecule has 0 aliphatic rings. The largest absolute Gasteiger partial charge is 0.499 e. The lowest BCUT2D eigenvalue weighted by molar-refractivity contribution is -0.360. The molecular formula is C20H15F5N4O. The molecule has 3 rings (SSSR count). The van der Waals surface area contributed by atoms with Gasteiger partial charge in [-0.3, -0.25) is 0 Å². The van der Waals surface area contributed by atoms with Crippen LogP contribution in [0.3, 0.4) is 0 Å². The first-order valence-electron chi connectivity index (χ1n) is 8.56. The van der Waals surface area contributed by atoms with Gasteiger partial charge in [-0.2, -0.15) is 31.6 Å². The number of hydrogen-bond acceptors (Lipinski definition) is 4. The summed E-state index contributed by atoms with van der Waals surface area (Å²) in [5, 5.41) is 7.23. The number of ether oxygens (including phenoxy) is 1. The van der Waals surface area contributed by atoms with Gasteiger partial charge in [0, 0.05) is 19.0 Å². The maximum atomic E-state index is 13.0. The van der Waals surface area contributed by atoms with Crippen molar-refractivity contribution in [1.82, 2.24) is 14.8 Å². The number of nitrogens with zero attached hydrogens (tertiary/aromatic N) is 3. The van der Waals surface area contributed by atoms with Crippen molar-refractivity contribution in [3.8, 4) is 35.2 Å². The Labute approximate surface area is 168 Å². The average molecular weight is 422 g/mol. The zero-order chi connectivity index (χ0) is 21.9. The maximum Gasteiger partial charge on any atom is 0.499 e. The van der Waals surface area contributed by atoms with E-state index >= 15 is 0 Å². The van der Waals surface area contributed by atoms with Gasteiger partial charge in [-0.15, -0.1) is 17.4 Å². The minimum absolute atomic E-state index is 0.340. The topological polar surface area (TPSA) is 52.0 Å². The van der Waals surface area contributed by atoms with Crippen LogP contribution in [0.25, 0.3) is 17.1 Å². The first kappa shape index (κ1) is 21.1. The number of halogens is 5. The molecule has 0 atom stereocenters. The number of terminal acetylenes is 1. The molecule has 0 radical (unpaired) electrons. The molecule has 0 aliphatic heterocycles. The Morgan fingerprint density at radius 1 is 1.03 bits per heavy atom. The van der Waals surface area contributed by atoms with E-state index in [1.807, 2.05) is 24.3 Å². The molecule has 1 N–H and O–H groups in total. The molecule has 5 nitrogen and oxygen atoms in total. The molecular weight excluding hydrogens is 407 g/mol. The Balaban J connectivity index is 1.86. The van der Waals surface area contributed by atoms with Crippen LogP contribution in [-0.4, -0.2) is 34.1 Å². The SMILES string of the molecule is C#CCc1ccc(-c2nc(NC)n(-c3ccc(OC(F)(F)C(F)(F)F)cc3)n2)cc1. The van der Waals surface area contributed by atoms with Crippen molar-refractivity contribution < 1.29 is 26.7 Å². The molecule has 0 aliphatic carbocycles. The summed E-state index contributed by atoms with van der Waals surface area (Å²) in [5.74, 6) is 2.63. The quantitative estimate of drug-likeness (QED) is 0.463. The Kier molecular flexibility index (Phi) is 5.64. The molecule has 0 saturated heterocycles. The van der Waals surface area contributed by atoms with E-state index in [4.69, 9.17) is 6.42 Å². The predicted molar refractivity (Wildman–Crippen MR) is 101 cm³/mol. The predicted octanol–water partition coefficient (Wildman–Crippen LogP) is 4.69. The van der Waals surface area contributed by atoms with Crippen molar-refractivity contribution in [2.45, 2.75) is 18.7 Å². The van der Waals surface area contributed by atoms with Gasteiger partial charge in [0.05, 0.1) is 5.69 Å². The summed E-state index contributed by atoms with van der Waals surface area (Å²) in [6, 6.07) is 11.9. The third-order valence-electron chi connectivity index (χ3n) is 4.01. The number of anilines is 1. The average Bonchev–Trinajstić information content (AvgIpc) is 3.13. The van der Waals surface area contributed by atoms with Crippen LogP contribution < -0.4 is 10.1 Å². The molecule has 30 heavy (non-hydrogen) atoms. The number of rotatable bonds is 6.